The van der Waals surface area contributed by atoms with Crippen LogP contribution in [-0.4, -0.2) is 6.71 Å². The second-order valence-corrected chi connectivity index (χ2v) is 28.3. The zero-order chi connectivity index (χ0) is 55.2. The molecule has 0 aliphatic carbocycles. The summed E-state index contributed by atoms with van der Waals surface area (Å²) in [7, 11) is 0. The third-order valence-corrected chi connectivity index (χ3v) is 18.6. The molecule has 11 aromatic rings. The second kappa shape index (κ2) is 18.1. The van der Waals surface area contributed by atoms with Crippen molar-refractivity contribution in [1.82, 2.24) is 0 Å². The molecule has 2 nitrogen and oxygen atoms in total. The highest BCUT2D eigenvalue weighted by atomic mass is 32.1. The molecule has 0 fully saturated rings. The number of hydrogen-bond acceptors (Lipinski definition) is 3. The van der Waals surface area contributed by atoms with Crippen LogP contribution in [0.1, 0.15) is 131 Å². The summed E-state index contributed by atoms with van der Waals surface area (Å²) in [6.45, 7) is 32.8. The van der Waals surface area contributed by atoms with E-state index in [9.17, 15) is 0 Å². The maximum Gasteiger partial charge on any atom is 0.264 e. The number of hydrogen-bond donors (Lipinski definition) is 0. The molecule has 2 aliphatic rings. The molecular weight excluding hydrogens is 972 g/mol. The molecule has 0 N–H and O–H groups in total. The van der Waals surface area contributed by atoms with Gasteiger partial charge in [0.25, 0.3) is 6.71 Å². The first-order valence-electron chi connectivity index (χ1n) is 28.7. The van der Waals surface area contributed by atoms with Gasteiger partial charge in [-0.1, -0.05) is 218 Å². The molecule has 0 atom stereocenters. The Bertz CT molecular complexity index is 4230. The van der Waals surface area contributed by atoms with E-state index in [-0.39, 0.29) is 28.4 Å². The van der Waals surface area contributed by atoms with Crippen molar-refractivity contribution in [3.63, 3.8) is 0 Å². The van der Waals surface area contributed by atoms with Gasteiger partial charge >= 0.3 is 0 Å². The highest BCUT2D eigenvalue weighted by Gasteiger charge is 2.46. The third kappa shape index (κ3) is 8.42. The van der Waals surface area contributed by atoms with Gasteiger partial charge in [0, 0.05) is 43.2 Å². The zero-order valence-electron chi connectivity index (χ0n) is 48.8. The summed E-state index contributed by atoms with van der Waals surface area (Å²) >= 11 is 1.99. The van der Waals surface area contributed by atoms with E-state index in [0.29, 0.717) is 5.92 Å². The smallest absolute Gasteiger partial charge is 0.264 e. The van der Waals surface area contributed by atoms with Gasteiger partial charge in [0.15, 0.2) is 0 Å². The minimum absolute atomic E-state index is 0.00401. The molecule has 1 aromatic heterocycles. The molecule has 79 heavy (non-hydrogen) atoms. The highest BCUT2D eigenvalue weighted by Crippen LogP contribution is 2.51. The normalized spacial score (nSPS) is 13.7. The highest BCUT2D eigenvalue weighted by molar-refractivity contribution is 7.33. The Morgan fingerprint density at radius 1 is 0.380 bits per heavy atom. The van der Waals surface area contributed by atoms with Gasteiger partial charge in [-0.05, 0) is 176 Å². The minimum Gasteiger partial charge on any atom is -0.311 e. The third-order valence-electron chi connectivity index (χ3n) is 17.4. The van der Waals surface area contributed by atoms with E-state index in [2.05, 4.69) is 289 Å². The summed E-state index contributed by atoms with van der Waals surface area (Å²) in [5, 5.41) is 9.04. The molecule has 0 spiro atoms. The van der Waals surface area contributed by atoms with Crippen molar-refractivity contribution in [2.75, 3.05) is 9.80 Å². The van der Waals surface area contributed by atoms with E-state index in [1.807, 2.05) is 11.3 Å². The fourth-order valence-electron chi connectivity index (χ4n) is 12.8. The molecule has 0 radical (unpaired) electrons. The predicted molar refractivity (Wildman–Crippen MR) is 348 cm³/mol. The van der Waals surface area contributed by atoms with Gasteiger partial charge in [-0.15, -0.1) is 11.3 Å². The van der Waals surface area contributed by atoms with E-state index in [4.69, 9.17) is 0 Å². The maximum atomic E-state index is 2.65. The number of anilines is 6. The summed E-state index contributed by atoms with van der Waals surface area (Å²) in [6.07, 6.45) is 0. The number of rotatable bonds is 5. The van der Waals surface area contributed by atoms with Gasteiger partial charge in [0.1, 0.15) is 0 Å². The van der Waals surface area contributed by atoms with E-state index in [1.54, 1.807) is 0 Å². The zero-order valence-corrected chi connectivity index (χ0v) is 49.6. The molecule has 3 heterocycles. The summed E-state index contributed by atoms with van der Waals surface area (Å²) in [5.74, 6) is 0.357. The molecular formula is C75H73BN2S. The van der Waals surface area contributed by atoms with Gasteiger partial charge in [-0.25, -0.2) is 0 Å². The van der Waals surface area contributed by atoms with Crippen LogP contribution in [0.3, 0.4) is 0 Å². The molecule has 0 saturated heterocycles. The minimum atomic E-state index is -0.0716. The Morgan fingerprint density at radius 3 is 1.56 bits per heavy atom. The summed E-state index contributed by atoms with van der Waals surface area (Å²) < 4.78 is 2.72. The Morgan fingerprint density at radius 2 is 0.937 bits per heavy atom. The predicted octanol–water partition coefficient (Wildman–Crippen LogP) is 20.1. The van der Waals surface area contributed by atoms with Crippen molar-refractivity contribution in [2.45, 2.75) is 125 Å². The first-order valence-corrected chi connectivity index (χ1v) is 29.5. The molecule has 392 valence electrons. The van der Waals surface area contributed by atoms with E-state index < -0.39 is 0 Å². The lowest BCUT2D eigenvalue weighted by Gasteiger charge is -2.44. The monoisotopic (exact) mass is 1040 g/mol. The molecule has 10 aromatic carbocycles. The van der Waals surface area contributed by atoms with E-state index in [0.717, 1.165) is 0 Å². The quantitative estimate of drug-likeness (QED) is 0.125. The van der Waals surface area contributed by atoms with Crippen molar-refractivity contribution < 1.29 is 0 Å². The number of benzene rings is 10. The molecule has 0 bridgehead atoms. The van der Waals surface area contributed by atoms with Crippen LogP contribution in [0.25, 0.3) is 64.7 Å². The largest absolute Gasteiger partial charge is 0.311 e. The van der Waals surface area contributed by atoms with Crippen molar-refractivity contribution in [3.8, 4) is 22.3 Å². The van der Waals surface area contributed by atoms with Crippen LogP contribution in [-0.2, 0) is 21.7 Å². The standard InChI is InChI=1S/C75H73BN2S/c1-45(2)46-30-34-65-63(41-46)76-69-66(77(70-62-44-51(73(6,7)8)32-36-68(62)79-71(70)76)54-22-19-21-47(39-54)49-37-52(74(9,10)11)42-53(38-49)75(12,13)14)27-20-28-67(69)78(65)64-35-31-50(72(3,4)5)43-60(64)48-29-33-59-57-25-16-15-23-55(57)56-24-17-18-26-58(56)61(59)40-48/h15-45H,1-14H3. The number of fused-ring (bicyclic) bond motifs is 12. The second-order valence-electron chi connectivity index (χ2n) is 27.2. The average Bonchev–Trinajstić information content (AvgIpc) is 3.81. The fraction of sp³-hybridized carbons (Fsp3) is 0.253. The van der Waals surface area contributed by atoms with Crippen LogP contribution in [0.4, 0.5) is 34.1 Å². The Hall–Kier alpha value is -7.40. The van der Waals surface area contributed by atoms with Gasteiger partial charge in [0.05, 0.1) is 11.4 Å². The maximum absolute atomic E-state index is 2.65. The Balaban J connectivity index is 1.09. The number of thiophene rings is 1. The molecule has 0 amide bonds. The Kier molecular flexibility index (Phi) is 11.7. The molecule has 0 unspecified atom stereocenters. The fourth-order valence-corrected chi connectivity index (χ4v) is 14.1. The van der Waals surface area contributed by atoms with Gasteiger partial charge in [-0.2, -0.15) is 0 Å². The van der Waals surface area contributed by atoms with Crippen LogP contribution < -0.4 is 25.5 Å². The summed E-state index contributed by atoms with van der Waals surface area (Å²) in [5.41, 5.74) is 21.6. The van der Waals surface area contributed by atoms with Crippen LogP contribution in [0.2, 0.25) is 0 Å². The summed E-state index contributed by atoms with van der Waals surface area (Å²) in [6, 6.07) is 71.0. The van der Waals surface area contributed by atoms with Crippen LogP contribution in [0.15, 0.2) is 182 Å². The van der Waals surface area contributed by atoms with E-state index in [1.165, 1.54) is 142 Å². The lowest BCUT2D eigenvalue weighted by Crippen LogP contribution is -2.60. The van der Waals surface area contributed by atoms with E-state index >= 15 is 0 Å². The molecule has 4 heteroatoms. The lowest BCUT2D eigenvalue weighted by molar-refractivity contribution is 0.569. The van der Waals surface area contributed by atoms with Crippen molar-refractivity contribution in [1.29, 1.82) is 0 Å². The molecule has 2 aliphatic heterocycles. The van der Waals surface area contributed by atoms with Crippen molar-refractivity contribution >= 4 is 110 Å². The van der Waals surface area contributed by atoms with Crippen LogP contribution in [0.5, 0.6) is 0 Å². The molecule has 13 rings (SSSR count). The van der Waals surface area contributed by atoms with Crippen molar-refractivity contribution in [2.24, 2.45) is 0 Å². The van der Waals surface area contributed by atoms with Gasteiger partial charge in [-0.3, -0.25) is 0 Å². The lowest BCUT2D eigenvalue weighted by atomic mass is 9.36. The Labute approximate surface area is 473 Å². The average molecular weight is 1050 g/mol. The van der Waals surface area contributed by atoms with Gasteiger partial charge in [0.2, 0.25) is 0 Å². The van der Waals surface area contributed by atoms with Crippen molar-refractivity contribution in [3.05, 3.63) is 210 Å². The van der Waals surface area contributed by atoms with Crippen LogP contribution in [0, 0.1) is 0 Å². The number of nitrogens with zero attached hydrogens (tertiary/aromatic N) is 2. The first kappa shape index (κ1) is 51.1. The summed E-state index contributed by atoms with van der Waals surface area (Å²) in [4.78, 5) is 5.28. The van der Waals surface area contributed by atoms with Gasteiger partial charge < -0.3 is 9.80 Å². The SMILES string of the molecule is CC(C)c1ccc2c(c1)B1c3sc4ccc(C(C)(C)C)cc4c3N(c3cccc(-c4cc(C(C)(C)C)cc(C(C)(C)C)c4)c3)c3cccc(c31)N2c1ccc(C(C)(C)C)cc1-c1ccc2c3ccccc3c3ccccc3c2c1. The van der Waals surface area contributed by atoms with Crippen LogP contribution >= 0.6 is 11.3 Å². The molecule has 0 saturated carbocycles. The topological polar surface area (TPSA) is 6.48 Å². The first-order chi connectivity index (χ1) is 37.5.